The van der Waals surface area contributed by atoms with Crippen molar-refractivity contribution in [1.82, 2.24) is 10.6 Å². The number of esters is 1. The quantitative estimate of drug-likeness (QED) is 0.445. The van der Waals surface area contributed by atoms with E-state index in [1.807, 2.05) is 13.8 Å². The average molecular weight is 230 g/mol. The van der Waals surface area contributed by atoms with Crippen LogP contribution in [0.3, 0.4) is 0 Å². The second-order valence-electron chi connectivity index (χ2n) is 3.53. The lowest BCUT2D eigenvalue weighted by Crippen LogP contribution is -2.36. The smallest absolute Gasteiger partial charge is 0.319 e. The van der Waals surface area contributed by atoms with Gasteiger partial charge in [-0.15, -0.1) is 0 Å². The third-order valence-electron chi connectivity index (χ3n) is 1.89. The van der Waals surface area contributed by atoms with Crippen molar-refractivity contribution >= 4 is 11.9 Å². The van der Waals surface area contributed by atoms with Crippen molar-refractivity contribution in [3.8, 4) is 0 Å². The molecule has 94 valence electrons. The van der Waals surface area contributed by atoms with Gasteiger partial charge in [0, 0.05) is 6.54 Å². The molecule has 0 aromatic heterocycles. The van der Waals surface area contributed by atoms with E-state index in [-0.39, 0.29) is 25.0 Å². The number of amides is 1. The molecule has 16 heavy (non-hydrogen) atoms. The summed E-state index contributed by atoms with van der Waals surface area (Å²) in [6.07, 6.45) is 2.79. The Morgan fingerprint density at radius 1 is 1.12 bits per heavy atom. The van der Waals surface area contributed by atoms with Crippen LogP contribution < -0.4 is 10.6 Å². The Labute approximate surface area is 96.9 Å². The fourth-order valence-electron chi connectivity index (χ4n) is 0.986. The van der Waals surface area contributed by atoms with Crippen molar-refractivity contribution in [3.05, 3.63) is 0 Å². The Balaban J connectivity index is 3.36. The molecule has 0 unspecified atom stereocenters. The minimum atomic E-state index is -0.309. The number of hydrogen-bond acceptors (Lipinski definition) is 4. The zero-order valence-corrected chi connectivity index (χ0v) is 10.2. The van der Waals surface area contributed by atoms with Crippen molar-refractivity contribution in [3.63, 3.8) is 0 Å². The minimum absolute atomic E-state index is 0.0866. The summed E-state index contributed by atoms with van der Waals surface area (Å²) in [5, 5.41) is 5.44. The molecule has 0 rings (SSSR count). The third kappa shape index (κ3) is 9.45. The second kappa shape index (κ2) is 10.4. The lowest BCUT2D eigenvalue weighted by Gasteiger charge is -2.06. The SMILES string of the molecule is CCCCOC(=O)CNCC(=O)NCCC. The van der Waals surface area contributed by atoms with Gasteiger partial charge in [0.05, 0.1) is 19.7 Å². The lowest BCUT2D eigenvalue weighted by atomic mass is 10.4. The topological polar surface area (TPSA) is 67.4 Å². The van der Waals surface area contributed by atoms with Crippen LogP contribution in [0.2, 0.25) is 0 Å². The Bertz CT molecular complexity index is 207. The van der Waals surface area contributed by atoms with Crippen LogP contribution in [0.15, 0.2) is 0 Å². The van der Waals surface area contributed by atoms with Crippen molar-refractivity contribution in [1.29, 1.82) is 0 Å². The summed E-state index contributed by atoms with van der Waals surface area (Å²) < 4.78 is 4.91. The number of rotatable bonds is 9. The molecule has 0 aromatic carbocycles. The van der Waals surface area contributed by atoms with Crippen LogP contribution in [0.1, 0.15) is 33.1 Å². The summed E-state index contributed by atoms with van der Waals surface area (Å²) in [5.74, 6) is -0.403. The summed E-state index contributed by atoms with van der Waals surface area (Å²) in [5.41, 5.74) is 0. The van der Waals surface area contributed by atoms with E-state index in [0.29, 0.717) is 13.2 Å². The van der Waals surface area contributed by atoms with Gasteiger partial charge in [0.1, 0.15) is 0 Å². The summed E-state index contributed by atoms with van der Waals surface area (Å²) >= 11 is 0. The average Bonchev–Trinajstić information content (AvgIpc) is 2.26. The molecule has 0 bridgehead atoms. The van der Waals surface area contributed by atoms with Crippen molar-refractivity contribution in [2.24, 2.45) is 0 Å². The summed E-state index contributed by atoms with van der Waals surface area (Å²) in [7, 11) is 0. The molecule has 0 aliphatic rings. The highest BCUT2D eigenvalue weighted by atomic mass is 16.5. The van der Waals surface area contributed by atoms with E-state index >= 15 is 0 Å². The van der Waals surface area contributed by atoms with E-state index in [1.54, 1.807) is 0 Å². The van der Waals surface area contributed by atoms with Gasteiger partial charge in [0.15, 0.2) is 0 Å². The first-order valence-corrected chi connectivity index (χ1v) is 5.83. The molecule has 5 nitrogen and oxygen atoms in total. The van der Waals surface area contributed by atoms with Gasteiger partial charge in [0.2, 0.25) is 5.91 Å². The molecule has 0 aliphatic heterocycles. The van der Waals surface area contributed by atoms with Gasteiger partial charge >= 0.3 is 5.97 Å². The highest BCUT2D eigenvalue weighted by molar-refractivity contribution is 5.79. The van der Waals surface area contributed by atoms with Gasteiger partial charge in [-0.25, -0.2) is 0 Å². The van der Waals surface area contributed by atoms with Gasteiger partial charge < -0.3 is 10.1 Å². The number of hydrogen-bond donors (Lipinski definition) is 2. The monoisotopic (exact) mass is 230 g/mol. The zero-order chi connectivity index (χ0) is 12.2. The lowest BCUT2D eigenvalue weighted by molar-refractivity contribution is -0.142. The molecule has 0 radical (unpaired) electrons. The van der Waals surface area contributed by atoms with Crippen LogP contribution in [-0.2, 0) is 14.3 Å². The number of nitrogens with one attached hydrogen (secondary N) is 2. The van der Waals surface area contributed by atoms with Gasteiger partial charge in [-0.05, 0) is 12.8 Å². The van der Waals surface area contributed by atoms with E-state index in [4.69, 9.17) is 4.74 Å². The first-order chi connectivity index (χ1) is 7.70. The Morgan fingerprint density at radius 2 is 1.88 bits per heavy atom. The summed E-state index contributed by atoms with van der Waals surface area (Å²) in [6.45, 7) is 5.38. The number of carbonyl (C=O) groups excluding carboxylic acids is 2. The van der Waals surface area contributed by atoms with Gasteiger partial charge in [-0.3, -0.25) is 14.9 Å². The maximum absolute atomic E-state index is 11.1. The predicted octanol–water partition coefficient (Wildman–Crippen LogP) is 0.445. The standard InChI is InChI=1S/C11H22N2O3/c1-3-5-7-16-11(15)9-12-8-10(14)13-6-4-2/h12H,3-9H2,1-2H3,(H,13,14). The van der Waals surface area contributed by atoms with Gasteiger partial charge in [0.25, 0.3) is 0 Å². The van der Waals surface area contributed by atoms with Crippen LogP contribution >= 0.6 is 0 Å². The number of carbonyl (C=O) groups is 2. The van der Waals surface area contributed by atoms with Crippen LogP contribution in [-0.4, -0.2) is 38.1 Å². The molecule has 1 amide bonds. The fraction of sp³-hybridized carbons (Fsp3) is 0.818. The normalized spacial score (nSPS) is 9.88. The minimum Gasteiger partial charge on any atom is -0.465 e. The molecule has 0 spiro atoms. The van der Waals surface area contributed by atoms with Crippen LogP contribution in [0.25, 0.3) is 0 Å². The number of unbranched alkanes of at least 4 members (excludes halogenated alkanes) is 1. The first kappa shape index (κ1) is 14.9. The molecule has 5 heteroatoms. The molecule has 0 heterocycles. The molecule has 0 saturated carbocycles. The predicted molar refractivity (Wildman–Crippen MR) is 62.0 cm³/mol. The maximum Gasteiger partial charge on any atom is 0.319 e. The highest BCUT2D eigenvalue weighted by Crippen LogP contribution is 1.87. The summed E-state index contributed by atoms with van der Waals surface area (Å²) in [4.78, 5) is 22.2. The summed E-state index contributed by atoms with van der Waals surface area (Å²) in [6, 6.07) is 0. The van der Waals surface area contributed by atoms with Gasteiger partial charge in [-0.2, -0.15) is 0 Å². The highest BCUT2D eigenvalue weighted by Gasteiger charge is 2.03. The largest absolute Gasteiger partial charge is 0.465 e. The van der Waals surface area contributed by atoms with Crippen molar-refractivity contribution < 1.29 is 14.3 Å². The van der Waals surface area contributed by atoms with E-state index in [9.17, 15) is 9.59 Å². The third-order valence-corrected chi connectivity index (χ3v) is 1.89. The second-order valence-corrected chi connectivity index (χ2v) is 3.53. The molecular formula is C11H22N2O3. The first-order valence-electron chi connectivity index (χ1n) is 5.83. The van der Waals surface area contributed by atoms with E-state index in [2.05, 4.69) is 10.6 Å². The van der Waals surface area contributed by atoms with E-state index in [0.717, 1.165) is 19.3 Å². The maximum atomic E-state index is 11.1. The molecule has 0 aromatic rings. The van der Waals surface area contributed by atoms with Gasteiger partial charge in [-0.1, -0.05) is 20.3 Å². The van der Waals surface area contributed by atoms with Crippen molar-refractivity contribution in [2.75, 3.05) is 26.2 Å². The Hall–Kier alpha value is -1.10. The van der Waals surface area contributed by atoms with Crippen LogP contribution in [0.5, 0.6) is 0 Å². The molecule has 0 fully saturated rings. The Kier molecular flexibility index (Phi) is 9.70. The number of ether oxygens (including phenoxy) is 1. The van der Waals surface area contributed by atoms with Crippen LogP contribution in [0.4, 0.5) is 0 Å². The van der Waals surface area contributed by atoms with E-state index < -0.39 is 0 Å². The van der Waals surface area contributed by atoms with E-state index in [1.165, 1.54) is 0 Å². The van der Waals surface area contributed by atoms with Crippen molar-refractivity contribution in [2.45, 2.75) is 33.1 Å². The molecule has 0 atom stereocenters. The molecular weight excluding hydrogens is 208 g/mol. The molecule has 2 N–H and O–H groups in total. The molecule has 0 saturated heterocycles. The fourth-order valence-corrected chi connectivity index (χ4v) is 0.986. The van der Waals surface area contributed by atoms with Crippen LogP contribution in [0, 0.1) is 0 Å². The zero-order valence-electron chi connectivity index (χ0n) is 10.2. The molecule has 0 aliphatic carbocycles. The Morgan fingerprint density at radius 3 is 2.50 bits per heavy atom.